The number of aromatic nitrogens is 2. The molecule has 0 aliphatic carbocycles. The van der Waals surface area contributed by atoms with Gasteiger partial charge in [0.05, 0.1) is 22.8 Å². The molecule has 3 nitrogen and oxygen atoms in total. The number of anilines is 1. The van der Waals surface area contributed by atoms with Crippen molar-refractivity contribution in [3.8, 4) is 0 Å². The zero-order valence-corrected chi connectivity index (χ0v) is 11.9. The summed E-state index contributed by atoms with van der Waals surface area (Å²) in [5.41, 5.74) is 3.99. The number of nitrogens with one attached hydrogen (secondary N) is 1. The quantitative estimate of drug-likeness (QED) is 0.783. The van der Waals surface area contributed by atoms with Gasteiger partial charge in [-0.15, -0.1) is 0 Å². The molecule has 1 aromatic carbocycles. The standard InChI is InChI=1S/C16H14ClN3/c1-11-4-5-12(19-9-11)10-20-15-7-6-14(17)16-13(15)3-2-8-18-16/h2-9,20H,10H2,1H3. The molecule has 0 unspecified atom stereocenters. The topological polar surface area (TPSA) is 37.8 Å². The molecule has 0 amide bonds. The minimum atomic E-state index is 0.666. The minimum Gasteiger partial charge on any atom is -0.379 e. The van der Waals surface area contributed by atoms with E-state index in [4.69, 9.17) is 11.6 Å². The SMILES string of the molecule is Cc1ccc(CNc2ccc(Cl)c3ncccc23)nc1. The Bertz CT molecular complexity index is 738. The zero-order valence-electron chi connectivity index (χ0n) is 11.1. The molecule has 100 valence electrons. The van der Waals surface area contributed by atoms with Crippen molar-refractivity contribution >= 4 is 28.2 Å². The van der Waals surface area contributed by atoms with Gasteiger partial charge < -0.3 is 5.32 Å². The number of pyridine rings is 2. The Morgan fingerprint density at radius 1 is 1.10 bits per heavy atom. The molecule has 0 saturated heterocycles. The molecule has 3 rings (SSSR count). The largest absolute Gasteiger partial charge is 0.379 e. The average Bonchev–Trinajstić information content (AvgIpc) is 2.49. The Balaban J connectivity index is 1.88. The van der Waals surface area contributed by atoms with E-state index in [0.717, 1.165) is 27.8 Å². The summed E-state index contributed by atoms with van der Waals surface area (Å²) in [6.45, 7) is 2.70. The Morgan fingerprint density at radius 2 is 2.00 bits per heavy atom. The van der Waals surface area contributed by atoms with Crippen molar-refractivity contribution < 1.29 is 0 Å². The first kappa shape index (κ1) is 12.9. The number of hydrogen-bond acceptors (Lipinski definition) is 3. The van der Waals surface area contributed by atoms with Crippen LogP contribution in [0.25, 0.3) is 10.9 Å². The molecule has 0 saturated carbocycles. The van der Waals surface area contributed by atoms with E-state index >= 15 is 0 Å². The Kier molecular flexibility index (Phi) is 3.52. The Labute approximate surface area is 122 Å². The highest BCUT2D eigenvalue weighted by molar-refractivity contribution is 6.35. The molecule has 2 heterocycles. The molecule has 0 spiro atoms. The van der Waals surface area contributed by atoms with Gasteiger partial charge in [-0.2, -0.15) is 0 Å². The molecule has 2 aromatic heterocycles. The Hall–Kier alpha value is -2.13. The highest BCUT2D eigenvalue weighted by Gasteiger charge is 2.05. The lowest BCUT2D eigenvalue weighted by Crippen LogP contribution is -2.02. The molecule has 0 bridgehead atoms. The van der Waals surface area contributed by atoms with E-state index < -0.39 is 0 Å². The average molecular weight is 284 g/mol. The molecular weight excluding hydrogens is 270 g/mol. The molecule has 0 aliphatic heterocycles. The van der Waals surface area contributed by atoms with Crippen molar-refractivity contribution in [1.82, 2.24) is 9.97 Å². The maximum atomic E-state index is 6.16. The van der Waals surface area contributed by atoms with Gasteiger partial charge in [0.2, 0.25) is 0 Å². The van der Waals surface area contributed by atoms with Crippen LogP contribution in [0.1, 0.15) is 11.3 Å². The van der Waals surface area contributed by atoms with E-state index in [1.54, 1.807) is 6.20 Å². The number of nitrogens with zero attached hydrogens (tertiary/aromatic N) is 2. The second-order valence-corrected chi connectivity index (χ2v) is 5.08. The van der Waals surface area contributed by atoms with Crippen LogP contribution in [0.3, 0.4) is 0 Å². The first-order valence-electron chi connectivity index (χ1n) is 6.43. The van der Waals surface area contributed by atoms with Gasteiger partial charge in [0.1, 0.15) is 0 Å². The number of benzene rings is 1. The van der Waals surface area contributed by atoms with Gasteiger partial charge in [-0.1, -0.05) is 17.7 Å². The van der Waals surface area contributed by atoms with Crippen molar-refractivity contribution in [3.05, 3.63) is 65.1 Å². The summed E-state index contributed by atoms with van der Waals surface area (Å²) < 4.78 is 0. The van der Waals surface area contributed by atoms with Gasteiger partial charge in [-0.05, 0) is 42.8 Å². The number of hydrogen-bond donors (Lipinski definition) is 1. The van der Waals surface area contributed by atoms with Crippen LogP contribution in [-0.4, -0.2) is 9.97 Å². The third kappa shape index (κ3) is 2.58. The second kappa shape index (κ2) is 5.47. The van der Waals surface area contributed by atoms with Crippen molar-refractivity contribution in [2.75, 3.05) is 5.32 Å². The van der Waals surface area contributed by atoms with Crippen LogP contribution >= 0.6 is 11.6 Å². The fourth-order valence-corrected chi connectivity index (χ4v) is 2.29. The normalized spacial score (nSPS) is 10.7. The molecule has 1 N–H and O–H groups in total. The van der Waals surface area contributed by atoms with Crippen LogP contribution in [-0.2, 0) is 6.54 Å². The minimum absolute atomic E-state index is 0.666. The van der Waals surface area contributed by atoms with Crippen LogP contribution in [0.4, 0.5) is 5.69 Å². The summed E-state index contributed by atoms with van der Waals surface area (Å²) in [5.74, 6) is 0. The molecular formula is C16H14ClN3. The number of aryl methyl sites for hydroxylation is 1. The van der Waals surface area contributed by atoms with Crippen LogP contribution in [0, 0.1) is 6.92 Å². The third-order valence-electron chi connectivity index (χ3n) is 3.15. The lowest BCUT2D eigenvalue weighted by molar-refractivity contribution is 1.04. The van der Waals surface area contributed by atoms with Gasteiger partial charge in [0.15, 0.2) is 0 Å². The summed E-state index contributed by atoms with van der Waals surface area (Å²) in [6, 6.07) is 11.8. The number of halogens is 1. The predicted octanol–water partition coefficient (Wildman–Crippen LogP) is 4.20. The van der Waals surface area contributed by atoms with Crippen molar-refractivity contribution in [2.24, 2.45) is 0 Å². The van der Waals surface area contributed by atoms with Crippen molar-refractivity contribution in [3.63, 3.8) is 0 Å². The van der Waals surface area contributed by atoms with E-state index in [1.165, 1.54) is 0 Å². The molecule has 3 aromatic rings. The summed E-state index contributed by atoms with van der Waals surface area (Å²) in [5, 5.41) is 5.08. The number of rotatable bonds is 3. The summed E-state index contributed by atoms with van der Waals surface area (Å²) in [4.78, 5) is 8.71. The lowest BCUT2D eigenvalue weighted by atomic mass is 10.1. The van der Waals surface area contributed by atoms with E-state index in [2.05, 4.69) is 21.4 Å². The monoisotopic (exact) mass is 283 g/mol. The highest BCUT2D eigenvalue weighted by Crippen LogP contribution is 2.28. The lowest BCUT2D eigenvalue weighted by Gasteiger charge is -2.10. The van der Waals surface area contributed by atoms with Crippen molar-refractivity contribution in [1.29, 1.82) is 0 Å². The molecule has 0 radical (unpaired) electrons. The molecule has 0 atom stereocenters. The van der Waals surface area contributed by atoms with Crippen LogP contribution in [0.2, 0.25) is 5.02 Å². The maximum Gasteiger partial charge on any atom is 0.0908 e. The highest BCUT2D eigenvalue weighted by atomic mass is 35.5. The van der Waals surface area contributed by atoms with E-state index in [0.29, 0.717) is 11.6 Å². The van der Waals surface area contributed by atoms with Gasteiger partial charge in [0.25, 0.3) is 0 Å². The van der Waals surface area contributed by atoms with Gasteiger partial charge in [-0.25, -0.2) is 0 Å². The molecule has 0 aliphatic rings. The van der Waals surface area contributed by atoms with Crippen LogP contribution in [0.5, 0.6) is 0 Å². The van der Waals surface area contributed by atoms with E-state index in [9.17, 15) is 0 Å². The van der Waals surface area contributed by atoms with E-state index in [-0.39, 0.29) is 0 Å². The number of fused-ring (bicyclic) bond motifs is 1. The molecule has 0 fully saturated rings. The van der Waals surface area contributed by atoms with Crippen LogP contribution in [0.15, 0.2) is 48.8 Å². The van der Waals surface area contributed by atoms with Gasteiger partial charge in [0, 0.05) is 23.5 Å². The second-order valence-electron chi connectivity index (χ2n) is 4.67. The first-order chi connectivity index (χ1) is 9.74. The fourth-order valence-electron chi connectivity index (χ4n) is 2.08. The molecule has 20 heavy (non-hydrogen) atoms. The maximum absolute atomic E-state index is 6.16. The third-order valence-corrected chi connectivity index (χ3v) is 3.46. The summed E-state index contributed by atoms with van der Waals surface area (Å²) in [6.07, 6.45) is 3.62. The van der Waals surface area contributed by atoms with E-state index in [1.807, 2.05) is 43.5 Å². The van der Waals surface area contributed by atoms with Crippen molar-refractivity contribution in [2.45, 2.75) is 13.5 Å². The Morgan fingerprint density at radius 3 is 2.80 bits per heavy atom. The fraction of sp³-hybridized carbons (Fsp3) is 0.125. The summed E-state index contributed by atoms with van der Waals surface area (Å²) in [7, 11) is 0. The first-order valence-corrected chi connectivity index (χ1v) is 6.80. The summed E-state index contributed by atoms with van der Waals surface area (Å²) >= 11 is 6.16. The predicted molar refractivity (Wildman–Crippen MR) is 83.1 cm³/mol. The zero-order chi connectivity index (χ0) is 13.9. The van der Waals surface area contributed by atoms with Gasteiger partial charge in [-0.3, -0.25) is 9.97 Å². The van der Waals surface area contributed by atoms with Gasteiger partial charge >= 0.3 is 0 Å². The smallest absolute Gasteiger partial charge is 0.0908 e. The van der Waals surface area contributed by atoms with Crippen LogP contribution < -0.4 is 5.32 Å². The molecule has 4 heteroatoms.